The first-order valence-corrected chi connectivity index (χ1v) is 11.6. The van der Waals surface area contributed by atoms with Crippen molar-refractivity contribution >= 4 is 21.6 Å². The summed E-state index contributed by atoms with van der Waals surface area (Å²) in [5, 5.41) is 3.01. The van der Waals surface area contributed by atoms with Gasteiger partial charge in [-0.3, -0.25) is 9.10 Å². The zero-order valence-electron chi connectivity index (χ0n) is 15.5. The maximum atomic E-state index is 12.3. The summed E-state index contributed by atoms with van der Waals surface area (Å²) in [4.78, 5) is 12.3. The van der Waals surface area contributed by atoms with Gasteiger partial charge in [-0.2, -0.15) is 0 Å². The van der Waals surface area contributed by atoms with Gasteiger partial charge in [0.25, 0.3) is 5.91 Å². The number of carbonyl (C=O) groups excluding carboxylic acids is 1. The molecule has 0 spiro atoms. The van der Waals surface area contributed by atoms with Gasteiger partial charge in [0.1, 0.15) is 0 Å². The topological polar surface area (TPSA) is 66.5 Å². The van der Waals surface area contributed by atoms with E-state index in [1.54, 1.807) is 24.3 Å². The molecule has 1 aliphatic carbocycles. The van der Waals surface area contributed by atoms with Crippen molar-refractivity contribution in [3.8, 4) is 0 Å². The summed E-state index contributed by atoms with van der Waals surface area (Å²) in [7, 11) is -3.21. The highest BCUT2D eigenvalue weighted by atomic mass is 32.2. The average Bonchev–Trinajstić information content (AvgIpc) is 2.90. The van der Waals surface area contributed by atoms with Crippen molar-refractivity contribution < 1.29 is 13.2 Å². The highest BCUT2D eigenvalue weighted by Crippen LogP contribution is 2.25. The van der Waals surface area contributed by atoms with Gasteiger partial charge in [-0.15, -0.1) is 0 Å². The Hall–Kier alpha value is -1.56. The van der Waals surface area contributed by atoms with E-state index in [1.165, 1.54) is 42.8 Å². The third-order valence-corrected chi connectivity index (χ3v) is 7.45. The molecular weight excluding hydrogens is 348 g/mol. The zero-order valence-corrected chi connectivity index (χ0v) is 16.3. The van der Waals surface area contributed by atoms with E-state index in [0.717, 1.165) is 25.2 Å². The highest BCUT2D eigenvalue weighted by molar-refractivity contribution is 7.92. The Morgan fingerprint density at radius 3 is 2.35 bits per heavy atom. The summed E-state index contributed by atoms with van der Waals surface area (Å²) in [6.45, 7) is 1.24. The minimum Gasteiger partial charge on any atom is -0.352 e. The SMILES string of the molecule is O=C(NCCC1CCCCCC1)c1ccc(N2CCCCS2(=O)=O)cc1. The van der Waals surface area contributed by atoms with Crippen LogP contribution >= 0.6 is 0 Å². The third-order valence-electron chi connectivity index (χ3n) is 5.58. The van der Waals surface area contributed by atoms with E-state index in [9.17, 15) is 13.2 Å². The van der Waals surface area contributed by atoms with Crippen molar-refractivity contribution in [1.82, 2.24) is 5.32 Å². The lowest BCUT2D eigenvalue weighted by atomic mass is 9.97. The molecule has 1 heterocycles. The fraction of sp³-hybridized carbons (Fsp3) is 0.650. The number of carbonyl (C=O) groups is 1. The highest BCUT2D eigenvalue weighted by Gasteiger charge is 2.26. The quantitative estimate of drug-likeness (QED) is 0.794. The molecule has 26 heavy (non-hydrogen) atoms. The monoisotopic (exact) mass is 378 g/mol. The number of hydrogen-bond acceptors (Lipinski definition) is 3. The van der Waals surface area contributed by atoms with Gasteiger partial charge >= 0.3 is 0 Å². The molecule has 0 atom stereocenters. The van der Waals surface area contributed by atoms with Crippen molar-refractivity contribution in [2.45, 2.75) is 57.8 Å². The molecule has 1 amide bonds. The molecule has 0 radical (unpaired) electrons. The molecule has 0 bridgehead atoms. The van der Waals surface area contributed by atoms with Gasteiger partial charge in [0.2, 0.25) is 10.0 Å². The third kappa shape index (κ3) is 5.00. The number of amides is 1. The molecule has 1 aliphatic heterocycles. The molecular formula is C20H30N2O3S. The van der Waals surface area contributed by atoms with Crippen LogP contribution in [0.25, 0.3) is 0 Å². The van der Waals surface area contributed by atoms with Gasteiger partial charge < -0.3 is 5.32 Å². The van der Waals surface area contributed by atoms with Gasteiger partial charge in [-0.1, -0.05) is 38.5 Å². The number of nitrogens with zero attached hydrogens (tertiary/aromatic N) is 1. The van der Waals surface area contributed by atoms with Crippen molar-refractivity contribution in [2.24, 2.45) is 5.92 Å². The Morgan fingerprint density at radius 2 is 1.69 bits per heavy atom. The molecule has 3 rings (SSSR count). The fourth-order valence-electron chi connectivity index (χ4n) is 4.00. The summed E-state index contributed by atoms with van der Waals surface area (Å²) < 4.78 is 25.8. The number of benzene rings is 1. The van der Waals surface area contributed by atoms with Crippen LogP contribution in [-0.2, 0) is 10.0 Å². The van der Waals surface area contributed by atoms with E-state index in [4.69, 9.17) is 0 Å². The Kier molecular flexibility index (Phi) is 6.57. The molecule has 1 N–H and O–H groups in total. The Bertz CT molecular complexity index is 692. The number of rotatable bonds is 5. The Labute approximate surface area is 157 Å². The predicted octanol–water partition coefficient (Wildman–Crippen LogP) is 3.71. The standard InChI is InChI=1S/C20H30N2O3S/c23-20(21-14-13-17-7-3-1-2-4-8-17)18-9-11-19(12-10-18)22-15-5-6-16-26(22,24)25/h9-12,17H,1-8,13-16H2,(H,21,23). The smallest absolute Gasteiger partial charge is 0.251 e. The lowest BCUT2D eigenvalue weighted by Gasteiger charge is -2.28. The first kappa shape index (κ1) is 19.2. The lowest BCUT2D eigenvalue weighted by Crippen LogP contribution is -2.37. The molecule has 0 aromatic heterocycles. The molecule has 0 unspecified atom stereocenters. The van der Waals surface area contributed by atoms with E-state index in [0.29, 0.717) is 24.3 Å². The molecule has 144 valence electrons. The van der Waals surface area contributed by atoms with E-state index in [-0.39, 0.29) is 11.7 Å². The molecule has 2 fully saturated rings. The molecule has 2 aliphatic rings. The van der Waals surface area contributed by atoms with Crippen molar-refractivity contribution in [2.75, 3.05) is 23.1 Å². The van der Waals surface area contributed by atoms with Crippen LogP contribution in [0.4, 0.5) is 5.69 Å². The number of hydrogen-bond donors (Lipinski definition) is 1. The summed E-state index contributed by atoms with van der Waals surface area (Å²) in [6.07, 6.45) is 10.6. The van der Waals surface area contributed by atoms with Crippen molar-refractivity contribution in [1.29, 1.82) is 0 Å². The number of nitrogens with one attached hydrogen (secondary N) is 1. The molecule has 6 heteroatoms. The van der Waals surface area contributed by atoms with E-state index in [2.05, 4.69) is 5.32 Å². The summed E-state index contributed by atoms with van der Waals surface area (Å²) in [6, 6.07) is 6.92. The second-order valence-electron chi connectivity index (χ2n) is 7.54. The van der Waals surface area contributed by atoms with E-state index in [1.807, 2.05) is 0 Å². The minimum absolute atomic E-state index is 0.0772. The lowest BCUT2D eigenvalue weighted by molar-refractivity contribution is 0.0951. The molecule has 1 aromatic rings. The van der Waals surface area contributed by atoms with Crippen LogP contribution < -0.4 is 9.62 Å². The summed E-state index contributed by atoms with van der Waals surface area (Å²) in [5.74, 6) is 0.868. The molecule has 1 saturated carbocycles. The maximum absolute atomic E-state index is 12.3. The largest absolute Gasteiger partial charge is 0.352 e. The first-order valence-electron chi connectivity index (χ1n) is 9.95. The van der Waals surface area contributed by atoms with Crippen LogP contribution in [0, 0.1) is 5.92 Å². The van der Waals surface area contributed by atoms with Gasteiger partial charge in [-0.25, -0.2) is 8.42 Å². The normalized spacial score (nSPS) is 21.2. The first-order chi connectivity index (χ1) is 12.6. The van der Waals surface area contributed by atoms with Crippen LogP contribution in [0.2, 0.25) is 0 Å². The minimum atomic E-state index is -3.21. The van der Waals surface area contributed by atoms with Gasteiger partial charge in [0.05, 0.1) is 11.4 Å². The Balaban J connectivity index is 1.52. The maximum Gasteiger partial charge on any atom is 0.251 e. The summed E-state index contributed by atoms with van der Waals surface area (Å²) in [5.41, 5.74) is 1.24. The predicted molar refractivity (Wildman–Crippen MR) is 105 cm³/mol. The second kappa shape index (κ2) is 8.89. The van der Waals surface area contributed by atoms with Crippen LogP contribution in [0.1, 0.15) is 68.1 Å². The molecule has 5 nitrogen and oxygen atoms in total. The molecule has 1 aromatic carbocycles. The average molecular weight is 379 g/mol. The van der Waals surface area contributed by atoms with E-state index < -0.39 is 10.0 Å². The molecule has 1 saturated heterocycles. The van der Waals surface area contributed by atoms with E-state index >= 15 is 0 Å². The van der Waals surface area contributed by atoms with Crippen LogP contribution in [0.5, 0.6) is 0 Å². The number of sulfonamides is 1. The zero-order chi connectivity index (χ0) is 18.4. The van der Waals surface area contributed by atoms with Gasteiger partial charge in [-0.05, 0) is 49.4 Å². The van der Waals surface area contributed by atoms with Crippen LogP contribution in [0.15, 0.2) is 24.3 Å². The van der Waals surface area contributed by atoms with Crippen molar-refractivity contribution in [3.63, 3.8) is 0 Å². The Morgan fingerprint density at radius 1 is 1.00 bits per heavy atom. The fourth-order valence-corrected chi connectivity index (χ4v) is 5.64. The van der Waals surface area contributed by atoms with Gasteiger partial charge in [0.15, 0.2) is 0 Å². The van der Waals surface area contributed by atoms with Gasteiger partial charge in [0, 0.05) is 18.7 Å². The summed E-state index contributed by atoms with van der Waals surface area (Å²) >= 11 is 0. The van der Waals surface area contributed by atoms with Crippen LogP contribution in [-0.4, -0.2) is 33.2 Å². The second-order valence-corrected chi connectivity index (χ2v) is 9.56. The number of anilines is 1. The van der Waals surface area contributed by atoms with Crippen molar-refractivity contribution in [3.05, 3.63) is 29.8 Å². The van der Waals surface area contributed by atoms with Crippen LogP contribution in [0.3, 0.4) is 0 Å².